The molecule has 1 spiro atoms. The Morgan fingerprint density at radius 1 is 0.833 bits per heavy atom. The maximum atomic E-state index is 13.9. The van der Waals surface area contributed by atoms with Gasteiger partial charge in [-0.1, -0.05) is 54.6 Å². The fraction of sp³-hybridized carbons (Fsp3) is 0.276. The fourth-order valence-electron chi connectivity index (χ4n) is 5.58. The molecular weight excluding hydrogens is 450 g/mol. The zero-order valence-corrected chi connectivity index (χ0v) is 20.1. The van der Waals surface area contributed by atoms with E-state index < -0.39 is 5.54 Å². The van der Waals surface area contributed by atoms with Crippen molar-refractivity contribution in [3.63, 3.8) is 0 Å². The summed E-state index contributed by atoms with van der Waals surface area (Å²) in [6, 6.07) is 25.8. The molecule has 0 atom stereocenters. The normalized spacial score (nSPS) is 18.0. The van der Waals surface area contributed by atoms with Crippen LogP contribution in [0, 0.1) is 0 Å². The second-order valence-electron chi connectivity index (χ2n) is 9.76. The number of carbonyl (C=O) groups is 2. The molecule has 3 amide bonds. The summed E-state index contributed by atoms with van der Waals surface area (Å²) in [6.45, 7) is 2.91. The Kier molecular flexibility index (Phi) is 5.77. The maximum Gasteiger partial charge on any atom is 0.328 e. The predicted molar refractivity (Wildman–Crippen MR) is 138 cm³/mol. The molecule has 2 aliphatic heterocycles. The van der Waals surface area contributed by atoms with Crippen molar-refractivity contribution in [3.05, 3.63) is 102 Å². The van der Waals surface area contributed by atoms with Gasteiger partial charge in [-0.15, -0.1) is 0 Å². The van der Waals surface area contributed by atoms with Gasteiger partial charge in [0.1, 0.15) is 5.54 Å². The van der Waals surface area contributed by atoms with Crippen molar-refractivity contribution in [2.75, 3.05) is 13.1 Å². The van der Waals surface area contributed by atoms with Gasteiger partial charge in [0.25, 0.3) is 5.91 Å². The first kappa shape index (κ1) is 22.5. The number of hydrogen-bond donors (Lipinski definition) is 1. The van der Waals surface area contributed by atoms with Gasteiger partial charge in [-0.05, 0) is 48.1 Å². The van der Waals surface area contributed by atoms with Gasteiger partial charge in [-0.3, -0.25) is 19.6 Å². The highest BCUT2D eigenvalue weighted by molar-refractivity contribution is 6.07. The summed E-state index contributed by atoms with van der Waals surface area (Å²) >= 11 is 0. The van der Waals surface area contributed by atoms with E-state index in [-0.39, 0.29) is 18.5 Å². The average molecular weight is 480 g/mol. The molecule has 1 N–H and O–H groups in total. The number of imide groups is 1. The highest BCUT2D eigenvalue weighted by Crippen LogP contribution is 2.39. The standard InChI is InChI=1S/C29H29N5O2/c35-27-29(13-16-32(17-14-29)20-25-18-23-10-4-5-12-26(23)31-25)34(19-22-8-2-1-3-9-22)28(36)33(27)21-24-11-6-7-15-30-24/h1-12,15,18,31H,13-14,16-17,19-21H2. The number of urea groups is 1. The number of piperidine rings is 1. The first-order chi connectivity index (χ1) is 17.6. The second kappa shape index (κ2) is 9.24. The zero-order chi connectivity index (χ0) is 24.5. The molecule has 2 fully saturated rings. The number of likely N-dealkylation sites (tertiary alicyclic amines) is 1. The molecule has 0 saturated carbocycles. The smallest absolute Gasteiger partial charge is 0.328 e. The maximum absolute atomic E-state index is 13.9. The molecule has 0 bridgehead atoms. The van der Waals surface area contributed by atoms with Crippen molar-refractivity contribution in [2.45, 2.75) is 38.0 Å². The van der Waals surface area contributed by atoms with Crippen LogP contribution in [0.4, 0.5) is 4.79 Å². The van der Waals surface area contributed by atoms with Crippen LogP contribution in [0.15, 0.2) is 85.1 Å². The van der Waals surface area contributed by atoms with E-state index in [1.165, 1.54) is 16.0 Å². The van der Waals surface area contributed by atoms with E-state index in [1.807, 2.05) is 65.6 Å². The quantitative estimate of drug-likeness (QED) is 0.412. The molecule has 4 heterocycles. The molecule has 182 valence electrons. The lowest BCUT2D eigenvalue weighted by Gasteiger charge is -2.42. The lowest BCUT2D eigenvalue weighted by Crippen LogP contribution is -2.56. The van der Waals surface area contributed by atoms with Crippen LogP contribution in [0.25, 0.3) is 10.9 Å². The van der Waals surface area contributed by atoms with Gasteiger partial charge in [0.2, 0.25) is 0 Å². The minimum absolute atomic E-state index is 0.0978. The van der Waals surface area contributed by atoms with E-state index in [9.17, 15) is 9.59 Å². The summed E-state index contributed by atoms with van der Waals surface area (Å²) in [5, 5.41) is 1.21. The number of fused-ring (bicyclic) bond motifs is 1. The zero-order valence-electron chi connectivity index (χ0n) is 20.1. The van der Waals surface area contributed by atoms with Crippen molar-refractivity contribution in [3.8, 4) is 0 Å². The van der Waals surface area contributed by atoms with Crippen LogP contribution in [0.2, 0.25) is 0 Å². The van der Waals surface area contributed by atoms with Gasteiger partial charge in [0.05, 0.1) is 12.2 Å². The molecule has 2 aromatic carbocycles. The van der Waals surface area contributed by atoms with Crippen LogP contribution in [-0.4, -0.2) is 55.2 Å². The van der Waals surface area contributed by atoms with E-state index in [2.05, 4.69) is 33.1 Å². The van der Waals surface area contributed by atoms with Gasteiger partial charge in [0.15, 0.2) is 0 Å². The van der Waals surface area contributed by atoms with Crippen LogP contribution in [0.5, 0.6) is 0 Å². The summed E-state index contributed by atoms with van der Waals surface area (Å²) in [6.07, 6.45) is 2.92. The van der Waals surface area contributed by atoms with Crippen LogP contribution in [-0.2, 0) is 24.4 Å². The monoisotopic (exact) mass is 479 g/mol. The first-order valence-corrected chi connectivity index (χ1v) is 12.5. The Hall–Kier alpha value is -3.97. The number of aromatic nitrogens is 2. The third-order valence-electron chi connectivity index (χ3n) is 7.51. The van der Waals surface area contributed by atoms with E-state index in [0.29, 0.717) is 25.1 Å². The Balaban J connectivity index is 1.23. The summed E-state index contributed by atoms with van der Waals surface area (Å²) < 4.78 is 0. The van der Waals surface area contributed by atoms with Gasteiger partial charge in [-0.25, -0.2) is 4.79 Å². The molecule has 7 heteroatoms. The van der Waals surface area contributed by atoms with Crippen molar-refractivity contribution >= 4 is 22.8 Å². The number of rotatable bonds is 6. The minimum atomic E-state index is -0.821. The highest BCUT2D eigenvalue weighted by Gasteiger charge is 2.57. The lowest BCUT2D eigenvalue weighted by atomic mass is 9.85. The number of hydrogen-bond acceptors (Lipinski definition) is 4. The van der Waals surface area contributed by atoms with E-state index >= 15 is 0 Å². The molecule has 7 nitrogen and oxygen atoms in total. The van der Waals surface area contributed by atoms with E-state index in [0.717, 1.165) is 30.7 Å². The first-order valence-electron chi connectivity index (χ1n) is 12.5. The van der Waals surface area contributed by atoms with E-state index in [4.69, 9.17) is 0 Å². The molecular formula is C29H29N5O2. The lowest BCUT2D eigenvalue weighted by molar-refractivity contribution is -0.136. The number of carbonyl (C=O) groups excluding carboxylic acids is 2. The van der Waals surface area contributed by atoms with Crippen LogP contribution in [0.3, 0.4) is 0 Å². The number of nitrogens with zero attached hydrogens (tertiary/aromatic N) is 4. The molecule has 0 aliphatic carbocycles. The SMILES string of the molecule is O=C1N(Cc2ccccn2)C(=O)C2(CCN(Cc3cc4ccccc4[nH]3)CC2)N1Cc1ccccc1. The molecule has 0 unspecified atom stereocenters. The number of benzene rings is 2. The van der Waals surface area contributed by atoms with Crippen molar-refractivity contribution in [1.29, 1.82) is 0 Å². The van der Waals surface area contributed by atoms with Gasteiger partial charge in [0, 0.05) is 43.6 Å². The number of pyridine rings is 1. The Morgan fingerprint density at radius 3 is 2.33 bits per heavy atom. The van der Waals surface area contributed by atoms with Gasteiger partial charge >= 0.3 is 6.03 Å². The predicted octanol–water partition coefficient (Wildman–Crippen LogP) is 4.56. The fourth-order valence-corrected chi connectivity index (χ4v) is 5.58. The number of para-hydroxylation sites is 1. The molecule has 2 aliphatic rings. The average Bonchev–Trinajstić information content (AvgIpc) is 3.40. The summed E-state index contributed by atoms with van der Waals surface area (Å²) in [4.78, 5) is 41.0. The largest absolute Gasteiger partial charge is 0.357 e. The number of H-pyrrole nitrogens is 1. The minimum Gasteiger partial charge on any atom is -0.357 e. The molecule has 6 rings (SSSR count). The Bertz CT molecular complexity index is 1340. The van der Waals surface area contributed by atoms with Gasteiger partial charge < -0.3 is 9.88 Å². The third-order valence-corrected chi connectivity index (χ3v) is 7.51. The second-order valence-corrected chi connectivity index (χ2v) is 9.76. The Morgan fingerprint density at radius 2 is 1.58 bits per heavy atom. The summed E-state index contributed by atoms with van der Waals surface area (Å²) in [5.74, 6) is -0.0978. The molecule has 2 saturated heterocycles. The summed E-state index contributed by atoms with van der Waals surface area (Å²) in [5.41, 5.74) is 3.22. The molecule has 4 aromatic rings. The number of aromatic amines is 1. The Labute approximate surface area is 210 Å². The van der Waals surface area contributed by atoms with E-state index in [1.54, 1.807) is 6.20 Å². The van der Waals surface area contributed by atoms with Crippen molar-refractivity contribution in [2.24, 2.45) is 0 Å². The van der Waals surface area contributed by atoms with Crippen molar-refractivity contribution < 1.29 is 9.59 Å². The van der Waals surface area contributed by atoms with Crippen molar-refractivity contribution in [1.82, 2.24) is 24.7 Å². The number of nitrogens with one attached hydrogen (secondary N) is 1. The summed E-state index contributed by atoms with van der Waals surface area (Å²) in [7, 11) is 0. The number of amides is 3. The third kappa shape index (κ3) is 4.05. The molecule has 2 aromatic heterocycles. The molecule has 36 heavy (non-hydrogen) atoms. The van der Waals surface area contributed by atoms with Gasteiger partial charge in [-0.2, -0.15) is 0 Å². The van der Waals surface area contributed by atoms with Crippen LogP contribution < -0.4 is 0 Å². The molecule has 0 radical (unpaired) electrons. The van der Waals surface area contributed by atoms with Crippen LogP contribution in [0.1, 0.15) is 29.8 Å². The topological polar surface area (TPSA) is 72.5 Å². The highest BCUT2D eigenvalue weighted by atomic mass is 16.2. The van der Waals surface area contributed by atoms with Crippen LogP contribution >= 0.6 is 0 Å².